The maximum atomic E-state index is 10.8. The van der Waals surface area contributed by atoms with Crippen molar-refractivity contribution in [1.82, 2.24) is 0 Å². The van der Waals surface area contributed by atoms with Crippen LogP contribution in [0.4, 0.5) is 0 Å². The zero-order valence-electron chi connectivity index (χ0n) is 8.06. The molecule has 0 atom stereocenters. The van der Waals surface area contributed by atoms with Gasteiger partial charge >= 0.3 is 11.9 Å². The quantitative estimate of drug-likeness (QED) is 0.817. The second-order valence-electron chi connectivity index (χ2n) is 2.99. The number of benzene rings is 1. The van der Waals surface area contributed by atoms with Gasteiger partial charge < -0.3 is 14.9 Å². The van der Waals surface area contributed by atoms with Gasteiger partial charge in [0.25, 0.3) is 0 Å². The third-order valence-electron chi connectivity index (χ3n) is 1.72. The first-order chi connectivity index (χ1) is 7.00. The van der Waals surface area contributed by atoms with Crippen LogP contribution in [0.5, 0.6) is 5.75 Å². The molecule has 0 heterocycles. The number of rotatable bonds is 4. The van der Waals surface area contributed by atoms with Gasteiger partial charge in [0.15, 0.2) is 6.61 Å². The molecule has 1 aromatic rings. The standard InChI is InChI=1S/C10H10O5.CH4/c1-6-2-3-8(15-5-9(11)12)7(4-6)10(13)14;/h2-4H,5H2,1H3,(H,11,12)(H,13,14);1H4. The Morgan fingerprint density at radius 2 is 1.94 bits per heavy atom. The SMILES string of the molecule is C.Cc1ccc(OCC(=O)O)c(C(=O)O)c1. The van der Waals surface area contributed by atoms with Crippen LogP contribution >= 0.6 is 0 Å². The molecule has 88 valence electrons. The lowest BCUT2D eigenvalue weighted by Gasteiger charge is -2.07. The molecule has 0 saturated heterocycles. The van der Waals surface area contributed by atoms with E-state index < -0.39 is 18.5 Å². The molecule has 0 aliphatic carbocycles. The fourth-order valence-corrected chi connectivity index (χ4v) is 1.08. The van der Waals surface area contributed by atoms with Gasteiger partial charge in [0.1, 0.15) is 11.3 Å². The van der Waals surface area contributed by atoms with Crippen molar-refractivity contribution in [2.24, 2.45) is 0 Å². The van der Waals surface area contributed by atoms with Crippen LogP contribution in [-0.2, 0) is 4.79 Å². The highest BCUT2D eigenvalue weighted by Gasteiger charge is 2.12. The molecule has 0 radical (unpaired) electrons. The first-order valence-electron chi connectivity index (χ1n) is 4.19. The number of aromatic carboxylic acids is 1. The van der Waals surface area contributed by atoms with Crippen molar-refractivity contribution in [3.8, 4) is 5.75 Å². The smallest absolute Gasteiger partial charge is 0.341 e. The third-order valence-corrected chi connectivity index (χ3v) is 1.72. The van der Waals surface area contributed by atoms with E-state index in [4.69, 9.17) is 14.9 Å². The highest BCUT2D eigenvalue weighted by Crippen LogP contribution is 2.19. The minimum Gasteiger partial charge on any atom is -0.481 e. The number of hydrogen-bond acceptors (Lipinski definition) is 3. The highest BCUT2D eigenvalue weighted by molar-refractivity contribution is 5.91. The molecule has 0 saturated carbocycles. The first-order valence-corrected chi connectivity index (χ1v) is 4.19. The van der Waals surface area contributed by atoms with Crippen LogP contribution < -0.4 is 4.74 Å². The van der Waals surface area contributed by atoms with E-state index in [0.717, 1.165) is 5.56 Å². The topological polar surface area (TPSA) is 83.8 Å². The van der Waals surface area contributed by atoms with Crippen molar-refractivity contribution < 1.29 is 24.5 Å². The van der Waals surface area contributed by atoms with E-state index in [1.165, 1.54) is 12.1 Å². The Kier molecular flexibility index (Phi) is 5.01. The Balaban J connectivity index is 0.00000225. The Labute approximate surface area is 93.3 Å². The van der Waals surface area contributed by atoms with Gasteiger partial charge in [-0.05, 0) is 19.1 Å². The lowest BCUT2D eigenvalue weighted by molar-refractivity contribution is -0.139. The van der Waals surface area contributed by atoms with Crippen LogP contribution in [-0.4, -0.2) is 28.8 Å². The summed E-state index contributed by atoms with van der Waals surface area (Å²) in [5.74, 6) is -2.22. The molecule has 0 bridgehead atoms. The van der Waals surface area contributed by atoms with Crippen LogP contribution in [0, 0.1) is 6.92 Å². The van der Waals surface area contributed by atoms with E-state index in [9.17, 15) is 9.59 Å². The molecule has 5 nitrogen and oxygen atoms in total. The van der Waals surface area contributed by atoms with Gasteiger partial charge in [0.05, 0.1) is 0 Å². The maximum Gasteiger partial charge on any atom is 0.341 e. The largest absolute Gasteiger partial charge is 0.481 e. The summed E-state index contributed by atoms with van der Waals surface area (Å²) in [5, 5.41) is 17.2. The van der Waals surface area contributed by atoms with Gasteiger partial charge in [-0.1, -0.05) is 19.1 Å². The summed E-state index contributed by atoms with van der Waals surface area (Å²) >= 11 is 0. The van der Waals surface area contributed by atoms with Crippen LogP contribution in [0.2, 0.25) is 0 Å². The number of carbonyl (C=O) groups is 2. The second kappa shape index (κ2) is 5.75. The molecule has 16 heavy (non-hydrogen) atoms. The number of aryl methyl sites for hydroxylation is 1. The zero-order chi connectivity index (χ0) is 11.4. The molecule has 0 spiro atoms. The molecule has 0 amide bonds. The van der Waals surface area contributed by atoms with Crippen LogP contribution in [0.3, 0.4) is 0 Å². The van der Waals surface area contributed by atoms with Gasteiger partial charge in [0, 0.05) is 0 Å². The lowest BCUT2D eigenvalue weighted by Crippen LogP contribution is -2.12. The van der Waals surface area contributed by atoms with Crippen molar-refractivity contribution in [3.05, 3.63) is 29.3 Å². The fraction of sp³-hybridized carbons (Fsp3) is 0.273. The van der Waals surface area contributed by atoms with Crippen molar-refractivity contribution >= 4 is 11.9 Å². The van der Waals surface area contributed by atoms with Crippen LogP contribution in [0.25, 0.3) is 0 Å². The molecule has 0 fully saturated rings. The lowest BCUT2D eigenvalue weighted by atomic mass is 10.1. The summed E-state index contributed by atoms with van der Waals surface area (Å²) < 4.78 is 4.83. The molecule has 0 unspecified atom stereocenters. The van der Waals surface area contributed by atoms with Crippen molar-refractivity contribution in [1.29, 1.82) is 0 Å². The van der Waals surface area contributed by atoms with Crippen LogP contribution in [0.15, 0.2) is 18.2 Å². The summed E-state index contributed by atoms with van der Waals surface area (Å²) in [7, 11) is 0. The van der Waals surface area contributed by atoms with Crippen molar-refractivity contribution in [2.45, 2.75) is 14.4 Å². The van der Waals surface area contributed by atoms with Gasteiger partial charge in [-0.3, -0.25) is 0 Å². The first kappa shape index (κ1) is 14.0. The molecule has 0 aromatic heterocycles. The van der Waals surface area contributed by atoms with Gasteiger partial charge in [-0.15, -0.1) is 0 Å². The minimum atomic E-state index is -1.15. The van der Waals surface area contributed by atoms with E-state index in [-0.39, 0.29) is 18.7 Å². The Morgan fingerprint density at radius 3 is 2.44 bits per heavy atom. The predicted molar refractivity (Wildman–Crippen MR) is 58.0 cm³/mol. The van der Waals surface area contributed by atoms with Gasteiger partial charge in [-0.25, -0.2) is 9.59 Å². The Bertz CT molecular complexity index is 397. The average Bonchev–Trinajstić information content (AvgIpc) is 2.15. The molecule has 2 N–H and O–H groups in total. The van der Waals surface area contributed by atoms with Gasteiger partial charge in [-0.2, -0.15) is 0 Å². The van der Waals surface area contributed by atoms with E-state index in [1.807, 2.05) is 0 Å². The summed E-state index contributed by atoms with van der Waals surface area (Å²) in [6, 6.07) is 4.53. The predicted octanol–water partition coefficient (Wildman–Crippen LogP) is 1.79. The Morgan fingerprint density at radius 1 is 1.31 bits per heavy atom. The van der Waals surface area contributed by atoms with E-state index in [2.05, 4.69) is 0 Å². The normalized spacial score (nSPS) is 9.06. The zero-order valence-corrected chi connectivity index (χ0v) is 8.06. The monoisotopic (exact) mass is 226 g/mol. The summed E-state index contributed by atoms with van der Waals surface area (Å²) in [6.07, 6.45) is 0. The summed E-state index contributed by atoms with van der Waals surface area (Å²) in [4.78, 5) is 21.0. The average molecular weight is 226 g/mol. The highest BCUT2D eigenvalue weighted by atomic mass is 16.5. The molecular weight excluding hydrogens is 212 g/mol. The molecular formula is C11H14O5. The number of hydrogen-bond donors (Lipinski definition) is 2. The van der Waals surface area contributed by atoms with Gasteiger partial charge in [0.2, 0.25) is 0 Å². The minimum absolute atomic E-state index is 0. The molecule has 5 heteroatoms. The van der Waals surface area contributed by atoms with Crippen molar-refractivity contribution in [3.63, 3.8) is 0 Å². The van der Waals surface area contributed by atoms with Crippen LogP contribution in [0.1, 0.15) is 23.3 Å². The van der Waals surface area contributed by atoms with E-state index in [1.54, 1.807) is 13.0 Å². The fourth-order valence-electron chi connectivity index (χ4n) is 1.08. The molecule has 1 rings (SSSR count). The third kappa shape index (κ3) is 3.61. The van der Waals surface area contributed by atoms with Crippen molar-refractivity contribution in [2.75, 3.05) is 6.61 Å². The van der Waals surface area contributed by atoms with E-state index >= 15 is 0 Å². The Hall–Kier alpha value is -2.04. The number of aliphatic carboxylic acids is 1. The summed E-state index contributed by atoms with van der Waals surface area (Å²) in [5.41, 5.74) is 0.742. The number of carboxylic acids is 2. The molecule has 1 aromatic carbocycles. The second-order valence-corrected chi connectivity index (χ2v) is 2.99. The number of ether oxygens (including phenoxy) is 1. The molecule has 0 aliphatic rings. The number of carboxylic acid groups (broad SMARTS) is 2. The van der Waals surface area contributed by atoms with E-state index in [0.29, 0.717) is 0 Å². The molecule has 0 aliphatic heterocycles. The maximum absolute atomic E-state index is 10.8. The summed E-state index contributed by atoms with van der Waals surface area (Å²) in [6.45, 7) is 1.19.